The fourth-order valence-corrected chi connectivity index (χ4v) is 3.46. The lowest BCUT2D eigenvalue weighted by Crippen LogP contribution is -2.23. The molecule has 6 heteroatoms. The lowest BCUT2D eigenvalue weighted by molar-refractivity contribution is 0.0324. The quantitative estimate of drug-likeness (QED) is 0.328. The topological polar surface area (TPSA) is 74.1 Å². The molecule has 3 aromatic rings. The Morgan fingerprint density at radius 2 is 1.26 bits per heavy atom. The molecule has 3 rings (SSSR count). The average molecular weight is 464 g/mol. The van der Waals surface area contributed by atoms with Crippen LogP contribution in [0.2, 0.25) is 0 Å². The highest BCUT2D eigenvalue weighted by molar-refractivity contribution is 6.16. The van der Waals surface area contributed by atoms with Gasteiger partial charge >= 0.3 is 11.9 Å². The molecule has 34 heavy (non-hydrogen) atoms. The minimum atomic E-state index is -0.710. The molecule has 0 aliphatic heterocycles. The maximum atomic E-state index is 13.5. The standard InChI is InChI=1S/C28H33NO5/c1-27(2,3)17-33-25(31)22-20-14-10-11-15-29(20)24(21(30)16-19-12-8-7-9-13-19)23(22)26(32)34-18-28(4,5)6/h7-15H,16-18H2,1-6H3. The molecular formula is C28H33NO5. The van der Waals surface area contributed by atoms with Gasteiger partial charge in [-0.25, -0.2) is 9.59 Å². The first-order valence-corrected chi connectivity index (χ1v) is 11.4. The van der Waals surface area contributed by atoms with Crippen molar-refractivity contribution in [2.75, 3.05) is 13.2 Å². The molecule has 0 aliphatic rings. The fraction of sp³-hybridized carbons (Fsp3) is 0.393. The van der Waals surface area contributed by atoms with Gasteiger partial charge in [0.2, 0.25) is 0 Å². The Balaban J connectivity index is 2.15. The van der Waals surface area contributed by atoms with Crippen molar-refractivity contribution in [1.82, 2.24) is 4.40 Å². The summed E-state index contributed by atoms with van der Waals surface area (Å²) in [5.41, 5.74) is 0.835. The number of carbonyl (C=O) groups excluding carboxylic acids is 3. The second-order valence-corrected chi connectivity index (χ2v) is 10.9. The summed E-state index contributed by atoms with van der Waals surface area (Å²) in [7, 11) is 0. The Hall–Kier alpha value is -3.41. The Morgan fingerprint density at radius 1 is 0.735 bits per heavy atom. The maximum Gasteiger partial charge on any atom is 0.341 e. The monoisotopic (exact) mass is 463 g/mol. The number of hydrogen-bond donors (Lipinski definition) is 0. The first-order chi connectivity index (χ1) is 15.9. The summed E-state index contributed by atoms with van der Waals surface area (Å²) in [6.45, 7) is 12.0. The molecule has 0 aliphatic carbocycles. The first kappa shape index (κ1) is 25.2. The summed E-state index contributed by atoms with van der Waals surface area (Å²) in [5, 5.41) is 0. The van der Waals surface area contributed by atoms with Gasteiger partial charge in [0, 0.05) is 12.6 Å². The average Bonchev–Trinajstić information content (AvgIpc) is 3.11. The van der Waals surface area contributed by atoms with Gasteiger partial charge in [-0.3, -0.25) is 4.79 Å². The lowest BCUT2D eigenvalue weighted by atomic mass is 9.98. The minimum absolute atomic E-state index is 0.0460. The van der Waals surface area contributed by atoms with Crippen molar-refractivity contribution in [3.63, 3.8) is 0 Å². The largest absolute Gasteiger partial charge is 0.461 e. The van der Waals surface area contributed by atoms with Crippen LogP contribution in [-0.4, -0.2) is 35.3 Å². The van der Waals surface area contributed by atoms with Gasteiger partial charge in [0.15, 0.2) is 5.78 Å². The van der Waals surface area contributed by atoms with Crippen LogP contribution in [0.3, 0.4) is 0 Å². The van der Waals surface area contributed by atoms with Crippen molar-refractivity contribution in [3.05, 3.63) is 77.1 Å². The third-order valence-electron chi connectivity index (χ3n) is 5.00. The number of benzene rings is 1. The van der Waals surface area contributed by atoms with E-state index in [0.29, 0.717) is 5.52 Å². The van der Waals surface area contributed by atoms with E-state index >= 15 is 0 Å². The Bertz CT molecular complexity index is 1190. The summed E-state index contributed by atoms with van der Waals surface area (Å²) in [5.74, 6) is -1.65. The van der Waals surface area contributed by atoms with Crippen LogP contribution in [0.1, 0.15) is 78.3 Å². The second-order valence-electron chi connectivity index (χ2n) is 10.9. The molecule has 0 saturated carbocycles. The smallest absolute Gasteiger partial charge is 0.341 e. The van der Waals surface area contributed by atoms with E-state index < -0.39 is 11.9 Å². The zero-order valence-corrected chi connectivity index (χ0v) is 20.8. The van der Waals surface area contributed by atoms with Gasteiger partial charge in [-0.05, 0) is 28.5 Å². The highest BCUT2D eigenvalue weighted by Gasteiger charge is 2.34. The van der Waals surface area contributed by atoms with E-state index in [1.54, 1.807) is 28.8 Å². The molecule has 0 bridgehead atoms. The van der Waals surface area contributed by atoms with Gasteiger partial charge < -0.3 is 13.9 Å². The summed E-state index contributed by atoms with van der Waals surface area (Å²) in [4.78, 5) is 40.2. The van der Waals surface area contributed by atoms with Crippen LogP contribution < -0.4 is 0 Å². The van der Waals surface area contributed by atoms with Crippen molar-refractivity contribution < 1.29 is 23.9 Å². The molecule has 0 amide bonds. The van der Waals surface area contributed by atoms with E-state index in [2.05, 4.69) is 0 Å². The van der Waals surface area contributed by atoms with E-state index in [9.17, 15) is 14.4 Å². The van der Waals surface area contributed by atoms with Crippen LogP contribution in [0.15, 0.2) is 54.7 Å². The van der Waals surface area contributed by atoms with Gasteiger partial charge in [0.05, 0.1) is 18.7 Å². The fourth-order valence-electron chi connectivity index (χ4n) is 3.46. The van der Waals surface area contributed by atoms with Crippen molar-refractivity contribution >= 4 is 23.2 Å². The number of ketones is 1. The number of ether oxygens (including phenoxy) is 2. The number of rotatable bonds is 7. The molecule has 2 aromatic heterocycles. The molecular weight excluding hydrogens is 430 g/mol. The normalized spacial score (nSPS) is 11.9. The zero-order chi connectivity index (χ0) is 25.1. The number of aromatic nitrogens is 1. The summed E-state index contributed by atoms with van der Waals surface area (Å²) >= 11 is 0. The van der Waals surface area contributed by atoms with Gasteiger partial charge in [-0.1, -0.05) is 77.9 Å². The molecule has 0 N–H and O–H groups in total. The van der Waals surface area contributed by atoms with Crippen LogP contribution in [-0.2, 0) is 15.9 Å². The third-order valence-corrected chi connectivity index (χ3v) is 5.00. The molecule has 2 heterocycles. The van der Waals surface area contributed by atoms with Crippen LogP contribution in [0.25, 0.3) is 5.52 Å². The van der Waals surface area contributed by atoms with Gasteiger partial charge in [0.25, 0.3) is 0 Å². The van der Waals surface area contributed by atoms with Crippen LogP contribution in [0.5, 0.6) is 0 Å². The number of carbonyl (C=O) groups is 3. The Morgan fingerprint density at radius 3 is 1.82 bits per heavy atom. The summed E-state index contributed by atoms with van der Waals surface area (Å²) in [6, 6.07) is 14.5. The first-order valence-electron chi connectivity index (χ1n) is 11.4. The summed E-state index contributed by atoms with van der Waals surface area (Å²) < 4.78 is 12.8. The molecule has 0 unspecified atom stereocenters. The van der Waals surface area contributed by atoms with E-state index in [1.165, 1.54) is 0 Å². The minimum Gasteiger partial charge on any atom is -0.461 e. The van der Waals surface area contributed by atoms with Crippen LogP contribution >= 0.6 is 0 Å². The predicted molar refractivity (Wildman–Crippen MR) is 131 cm³/mol. The number of Topliss-reactive ketones (excluding diaryl/α,β-unsaturated/α-hetero) is 1. The maximum absolute atomic E-state index is 13.5. The van der Waals surface area contributed by atoms with Crippen molar-refractivity contribution in [2.45, 2.75) is 48.0 Å². The molecule has 180 valence electrons. The molecule has 0 saturated heterocycles. The molecule has 0 atom stereocenters. The SMILES string of the molecule is CC(C)(C)COC(=O)c1c(C(=O)OCC(C)(C)C)c2ccccn2c1C(=O)Cc1ccccc1. The van der Waals surface area contributed by atoms with Crippen molar-refractivity contribution in [1.29, 1.82) is 0 Å². The third kappa shape index (κ3) is 6.13. The van der Waals surface area contributed by atoms with Crippen molar-refractivity contribution in [2.24, 2.45) is 10.8 Å². The van der Waals surface area contributed by atoms with E-state index in [-0.39, 0.29) is 53.1 Å². The van der Waals surface area contributed by atoms with Gasteiger partial charge in [-0.15, -0.1) is 0 Å². The zero-order valence-electron chi connectivity index (χ0n) is 20.8. The molecule has 0 radical (unpaired) electrons. The van der Waals surface area contributed by atoms with E-state index in [1.807, 2.05) is 71.9 Å². The molecule has 0 fully saturated rings. The van der Waals surface area contributed by atoms with Crippen LogP contribution in [0.4, 0.5) is 0 Å². The number of hydrogen-bond acceptors (Lipinski definition) is 5. The van der Waals surface area contributed by atoms with E-state index in [4.69, 9.17) is 9.47 Å². The Kier molecular flexibility index (Phi) is 7.29. The van der Waals surface area contributed by atoms with Crippen molar-refractivity contribution in [3.8, 4) is 0 Å². The second kappa shape index (κ2) is 9.84. The van der Waals surface area contributed by atoms with Crippen LogP contribution in [0, 0.1) is 10.8 Å². The number of pyridine rings is 1. The molecule has 1 aromatic carbocycles. The Labute approximate surface area is 200 Å². The summed E-state index contributed by atoms with van der Waals surface area (Å²) in [6.07, 6.45) is 1.76. The predicted octanol–water partition coefficient (Wildman–Crippen LogP) is 5.77. The van der Waals surface area contributed by atoms with Gasteiger partial charge in [0.1, 0.15) is 16.8 Å². The number of esters is 2. The number of fused-ring (bicyclic) bond motifs is 1. The number of nitrogens with zero attached hydrogens (tertiary/aromatic N) is 1. The highest BCUT2D eigenvalue weighted by Crippen LogP contribution is 2.29. The lowest BCUT2D eigenvalue weighted by Gasteiger charge is -2.19. The van der Waals surface area contributed by atoms with E-state index in [0.717, 1.165) is 5.56 Å². The van der Waals surface area contributed by atoms with Gasteiger partial charge in [-0.2, -0.15) is 0 Å². The molecule has 0 spiro atoms. The highest BCUT2D eigenvalue weighted by atomic mass is 16.5. The molecule has 6 nitrogen and oxygen atoms in total.